The van der Waals surface area contributed by atoms with Gasteiger partial charge in [-0.15, -0.1) is 0 Å². The fourth-order valence-electron chi connectivity index (χ4n) is 6.30. The molecular formula is C47H42N2O7S2. The molecule has 7 aromatic rings. The van der Waals surface area contributed by atoms with E-state index < -0.39 is 25.1 Å². The van der Waals surface area contributed by atoms with Gasteiger partial charge in [-0.3, -0.25) is 0 Å². The molecule has 0 atom stereocenters. The highest BCUT2D eigenvalue weighted by molar-refractivity contribution is 7.91. The highest BCUT2D eigenvalue weighted by Gasteiger charge is 2.25. The van der Waals surface area contributed by atoms with E-state index in [0.717, 1.165) is 16.7 Å². The molecule has 0 aliphatic rings. The first-order valence-corrected chi connectivity index (χ1v) is 21.4. The highest BCUT2D eigenvalue weighted by atomic mass is 32.2. The van der Waals surface area contributed by atoms with Crippen molar-refractivity contribution in [3.63, 3.8) is 0 Å². The number of anilines is 2. The second kappa shape index (κ2) is 16.5. The lowest BCUT2D eigenvalue weighted by atomic mass is 9.78. The molecule has 0 aromatic heterocycles. The second-order valence-corrected chi connectivity index (χ2v) is 18.1. The number of hydrogen-bond acceptors (Lipinski definition) is 9. The molecule has 0 fully saturated rings. The number of sulfone groups is 2. The number of nitrogens with two attached hydrogens (primary N) is 2. The van der Waals surface area contributed by atoms with Gasteiger partial charge in [0.05, 0.1) is 26.2 Å². The average Bonchev–Trinajstić information content (AvgIpc) is 3.23. The van der Waals surface area contributed by atoms with Crippen molar-refractivity contribution in [2.45, 2.75) is 45.3 Å². The van der Waals surface area contributed by atoms with Crippen molar-refractivity contribution in [1.82, 2.24) is 0 Å². The summed E-state index contributed by atoms with van der Waals surface area (Å²) < 4.78 is 71.0. The maximum atomic E-state index is 13.5. The maximum absolute atomic E-state index is 13.5. The van der Waals surface area contributed by atoms with Gasteiger partial charge in [-0.25, -0.2) is 16.8 Å². The van der Waals surface area contributed by atoms with Crippen molar-refractivity contribution in [3.8, 4) is 28.7 Å². The summed E-state index contributed by atoms with van der Waals surface area (Å²) in [5.74, 6) is 2.79. The van der Waals surface area contributed by atoms with Gasteiger partial charge < -0.3 is 25.7 Å². The van der Waals surface area contributed by atoms with Crippen molar-refractivity contribution in [3.05, 3.63) is 187 Å². The molecule has 0 aliphatic heterocycles. The number of hydrogen-bond donors (Lipinski definition) is 2. The van der Waals surface area contributed by atoms with E-state index in [2.05, 4.69) is 38.1 Å². The van der Waals surface area contributed by atoms with Crippen molar-refractivity contribution in [1.29, 1.82) is 0 Å². The van der Waals surface area contributed by atoms with Crippen molar-refractivity contribution in [2.75, 3.05) is 18.1 Å². The lowest BCUT2D eigenvalue weighted by Crippen LogP contribution is -2.19. The van der Waals surface area contributed by atoms with E-state index in [1.54, 1.807) is 121 Å². The number of benzene rings is 7. The van der Waals surface area contributed by atoms with Crippen LogP contribution < -0.4 is 25.7 Å². The lowest BCUT2D eigenvalue weighted by Gasteiger charge is -2.26. The first-order chi connectivity index (χ1) is 27.8. The van der Waals surface area contributed by atoms with Crippen molar-refractivity contribution in [2.24, 2.45) is 0 Å². The molecule has 11 heteroatoms. The quantitative estimate of drug-likeness (QED) is 0.102. The summed E-state index contributed by atoms with van der Waals surface area (Å²) in [6.45, 7) is 4.61. The smallest absolute Gasteiger partial charge is 0.206 e. The fourth-order valence-corrected chi connectivity index (χ4v) is 8.82. The number of rotatable bonds is 14. The van der Waals surface area contributed by atoms with E-state index >= 15 is 0 Å². The third-order valence-corrected chi connectivity index (χ3v) is 13.4. The monoisotopic (exact) mass is 810 g/mol. The molecule has 7 rings (SSSR count). The van der Waals surface area contributed by atoms with E-state index in [-0.39, 0.29) is 19.6 Å². The zero-order chi connectivity index (χ0) is 40.9. The predicted octanol–water partition coefficient (Wildman–Crippen LogP) is 10.0. The number of nitrogen functional groups attached to an aromatic ring is 2. The van der Waals surface area contributed by atoms with Gasteiger partial charge in [0.2, 0.25) is 19.7 Å². The molecule has 0 unspecified atom stereocenters. The minimum absolute atomic E-state index is 0.155. The van der Waals surface area contributed by atoms with E-state index in [0.29, 0.717) is 53.2 Å². The SMILES string of the molecule is CC(C)(c1ccc(CCOc2ccc(S(=O)(=O)c3ccc(Oc4ccc(N)cc4)cc3)cc2)cc1)c1ccc(S(=O)(=O)c2ccc(Oc3ccc(N)cc3)cc2)cc1. The number of ether oxygens (including phenoxy) is 3. The Balaban J connectivity index is 0.916. The summed E-state index contributed by atoms with van der Waals surface area (Å²) in [6, 6.07) is 48.2. The third-order valence-electron chi connectivity index (χ3n) is 9.86. The van der Waals surface area contributed by atoms with Crippen LogP contribution in [-0.4, -0.2) is 23.4 Å². The summed E-state index contributed by atoms with van der Waals surface area (Å²) in [5, 5.41) is 0. The van der Waals surface area contributed by atoms with Crippen LogP contribution in [0, 0.1) is 0 Å². The van der Waals surface area contributed by atoms with Gasteiger partial charge in [0, 0.05) is 23.2 Å². The maximum Gasteiger partial charge on any atom is 0.206 e. The molecule has 9 nitrogen and oxygen atoms in total. The van der Waals surface area contributed by atoms with Crippen molar-refractivity contribution >= 4 is 31.0 Å². The van der Waals surface area contributed by atoms with Gasteiger partial charge in [-0.2, -0.15) is 0 Å². The first-order valence-electron chi connectivity index (χ1n) is 18.5. The van der Waals surface area contributed by atoms with Gasteiger partial charge in [0.25, 0.3) is 0 Å². The van der Waals surface area contributed by atoms with Gasteiger partial charge in [0.1, 0.15) is 28.7 Å². The molecule has 7 aromatic carbocycles. The summed E-state index contributed by atoms with van der Waals surface area (Å²) in [4.78, 5) is 0.697. The van der Waals surface area contributed by atoms with Gasteiger partial charge in [-0.1, -0.05) is 50.2 Å². The Hall–Kier alpha value is -6.56. The normalized spacial score (nSPS) is 11.8. The van der Waals surface area contributed by atoms with E-state index in [1.165, 1.54) is 12.1 Å². The zero-order valence-electron chi connectivity index (χ0n) is 31.9. The van der Waals surface area contributed by atoms with Crippen LogP contribution in [0.4, 0.5) is 11.4 Å². The van der Waals surface area contributed by atoms with Crippen LogP contribution >= 0.6 is 0 Å². The molecule has 0 bridgehead atoms. The standard InChI is InChI=1S/C47H42N2O7S2/c1-47(2,35-7-23-43(24-8-35)57(50,51)45-27-19-41(20-28-45)55-39-13-9-36(48)10-14-39)34-5-3-33(4-6-34)31-32-54-38-17-25-44(26-18-38)58(52,53)46-29-21-42(22-30-46)56-40-15-11-37(49)12-16-40/h3-30H,31-32,48-49H2,1-2H3. The molecule has 0 spiro atoms. The third kappa shape index (κ3) is 9.01. The van der Waals surface area contributed by atoms with Crippen LogP contribution in [0.15, 0.2) is 189 Å². The summed E-state index contributed by atoms with van der Waals surface area (Å²) in [5.41, 5.74) is 15.4. The molecule has 0 radical (unpaired) electrons. The molecule has 0 heterocycles. The lowest BCUT2D eigenvalue weighted by molar-refractivity contribution is 0.321. The Bertz CT molecular complexity index is 2700. The summed E-state index contributed by atoms with van der Waals surface area (Å²) >= 11 is 0. The molecule has 294 valence electrons. The Labute approximate surface area is 339 Å². The van der Waals surface area contributed by atoms with E-state index in [9.17, 15) is 16.8 Å². The minimum atomic E-state index is -3.74. The van der Waals surface area contributed by atoms with Gasteiger partial charge in [-0.05, 0) is 150 Å². The first kappa shape index (κ1) is 39.7. The Morgan fingerprint density at radius 2 is 0.707 bits per heavy atom. The van der Waals surface area contributed by atoms with E-state index in [4.69, 9.17) is 25.7 Å². The molecular weight excluding hydrogens is 769 g/mol. The predicted molar refractivity (Wildman–Crippen MR) is 226 cm³/mol. The summed E-state index contributed by atoms with van der Waals surface area (Å²) in [6.07, 6.45) is 0.645. The molecule has 58 heavy (non-hydrogen) atoms. The zero-order valence-corrected chi connectivity index (χ0v) is 33.5. The van der Waals surface area contributed by atoms with Crippen LogP contribution in [-0.2, 0) is 31.5 Å². The molecule has 4 N–H and O–H groups in total. The second-order valence-electron chi connectivity index (χ2n) is 14.2. The van der Waals surface area contributed by atoms with Crippen LogP contribution in [0.3, 0.4) is 0 Å². The average molecular weight is 811 g/mol. The minimum Gasteiger partial charge on any atom is -0.493 e. The molecule has 0 amide bonds. The van der Waals surface area contributed by atoms with Crippen LogP contribution in [0.5, 0.6) is 28.7 Å². The topological polar surface area (TPSA) is 148 Å². The van der Waals surface area contributed by atoms with E-state index in [1.807, 2.05) is 12.1 Å². The van der Waals surface area contributed by atoms with Gasteiger partial charge >= 0.3 is 0 Å². The Morgan fingerprint density at radius 1 is 0.414 bits per heavy atom. The largest absolute Gasteiger partial charge is 0.493 e. The summed E-state index contributed by atoms with van der Waals surface area (Å²) in [7, 11) is -7.49. The highest BCUT2D eigenvalue weighted by Crippen LogP contribution is 2.34. The van der Waals surface area contributed by atoms with Gasteiger partial charge in [0.15, 0.2) is 0 Å². The molecule has 0 saturated heterocycles. The van der Waals surface area contributed by atoms with Crippen LogP contribution in [0.25, 0.3) is 0 Å². The Kier molecular flexibility index (Phi) is 11.3. The van der Waals surface area contributed by atoms with Crippen LogP contribution in [0.1, 0.15) is 30.5 Å². The molecule has 0 saturated carbocycles. The fraction of sp³-hybridized carbons (Fsp3) is 0.106. The Morgan fingerprint density at radius 3 is 1.07 bits per heavy atom. The molecule has 0 aliphatic carbocycles. The van der Waals surface area contributed by atoms with Crippen LogP contribution in [0.2, 0.25) is 0 Å². The van der Waals surface area contributed by atoms with Crippen molar-refractivity contribution < 1.29 is 31.0 Å².